The second-order valence-electron chi connectivity index (χ2n) is 6.84. The SMILES string of the molecule is Cc1cc(NCc2ccccc2)nc(N2CCN(c3ccccc3)CC2)n1. The first-order valence-electron chi connectivity index (χ1n) is 9.46. The summed E-state index contributed by atoms with van der Waals surface area (Å²) in [7, 11) is 0. The van der Waals surface area contributed by atoms with Gasteiger partial charge in [0.15, 0.2) is 0 Å². The second kappa shape index (κ2) is 8.08. The third-order valence-corrected chi connectivity index (χ3v) is 4.84. The summed E-state index contributed by atoms with van der Waals surface area (Å²) >= 11 is 0. The molecule has 1 fully saturated rings. The minimum Gasteiger partial charge on any atom is -0.368 e. The first kappa shape index (κ1) is 17.3. The van der Waals surface area contributed by atoms with E-state index in [0.717, 1.165) is 50.2 Å². The molecule has 1 aliphatic rings. The van der Waals surface area contributed by atoms with Gasteiger partial charge in [0.1, 0.15) is 5.82 Å². The van der Waals surface area contributed by atoms with Crippen LogP contribution in [0.1, 0.15) is 11.3 Å². The fourth-order valence-electron chi connectivity index (χ4n) is 3.38. The lowest BCUT2D eigenvalue weighted by atomic mass is 10.2. The van der Waals surface area contributed by atoms with Crippen LogP contribution >= 0.6 is 0 Å². The van der Waals surface area contributed by atoms with Crippen molar-refractivity contribution in [3.8, 4) is 0 Å². The molecule has 0 bridgehead atoms. The summed E-state index contributed by atoms with van der Waals surface area (Å²) in [6.45, 7) is 6.60. The Balaban J connectivity index is 1.41. The molecule has 0 amide bonds. The normalized spacial score (nSPS) is 14.3. The van der Waals surface area contributed by atoms with E-state index < -0.39 is 0 Å². The Morgan fingerprint density at radius 2 is 1.44 bits per heavy atom. The summed E-state index contributed by atoms with van der Waals surface area (Å²) in [4.78, 5) is 14.1. The zero-order valence-electron chi connectivity index (χ0n) is 15.7. The predicted molar refractivity (Wildman–Crippen MR) is 111 cm³/mol. The number of nitrogens with one attached hydrogen (secondary N) is 1. The number of aromatic nitrogens is 2. The van der Waals surface area contributed by atoms with Crippen molar-refractivity contribution in [3.63, 3.8) is 0 Å². The maximum Gasteiger partial charge on any atom is 0.227 e. The van der Waals surface area contributed by atoms with E-state index >= 15 is 0 Å². The van der Waals surface area contributed by atoms with Crippen molar-refractivity contribution in [2.24, 2.45) is 0 Å². The molecule has 1 aliphatic heterocycles. The van der Waals surface area contributed by atoms with Crippen molar-refractivity contribution in [1.29, 1.82) is 0 Å². The smallest absolute Gasteiger partial charge is 0.227 e. The van der Waals surface area contributed by atoms with E-state index in [1.54, 1.807) is 0 Å². The number of nitrogens with zero attached hydrogens (tertiary/aromatic N) is 4. The molecule has 0 radical (unpaired) electrons. The summed E-state index contributed by atoms with van der Waals surface area (Å²) in [5, 5.41) is 3.43. The molecule has 3 aromatic rings. The van der Waals surface area contributed by atoms with Gasteiger partial charge in [0.2, 0.25) is 5.95 Å². The monoisotopic (exact) mass is 359 g/mol. The Hall–Kier alpha value is -3.08. The van der Waals surface area contributed by atoms with Gasteiger partial charge in [0.25, 0.3) is 0 Å². The summed E-state index contributed by atoms with van der Waals surface area (Å²) in [6.07, 6.45) is 0. The number of anilines is 3. The fraction of sp³-hybridized carbons (Fsp3) is 0.273. The number of hydrogen-bond acceptors (Lipinski definition) is 5. The maximum atomic E-state index is 4.76. The summed E-state index contributed by atoms with van der Waals surface area (Å²) < 4.78 is 0. The van der Waals surface area contributed by atoms with Crippen LogP contribution in [0.15, 0.2) is 66.7 Å². The lowest BCUT2D eigenvalue weighted by Gasteiger charge is -2.36. The number of para-hydroxylation sites is 1. The molecule has 1 aromatic heterocycles. The molecule has 0 saturated carbocycles. The molecule has 138 valence electrons. The van der Waals surface area contributed by atoms with Crippen LogP contribution in [0.2, 0.25) is 0 Å². The van der Waals surface area contributed by atoms with Gasteiger partial charge in [0.05, 0.1) is 0 Å². The average molecular weight is 359 g/mol. The molecule has 0 atom stereocenters. The predicted octanol–water partition coefficient (Wildman–Crippen LogP) is 3.72. The van der Waals surface area contributed by atoms with Crippen molar-refractivity contribution in [2.45, 2.75) is 13.5 Å². The van der Waals surface area contributed by atoms with Crippen LogP contribution in [0.3, 0.4) is 0 Å². The summed E-state index contributed by atoms with van der Waals surface area (Å²) in [5.41, 5.74) is 3.51. The number of aryl methyl sites for hydroxylation is 1. The average Bonchev–Trinajstić information content (AvgIpc) is 2.73. The Kier molecular flexibility index (Phi) is 5.19. The van der Waals surface area contributed by atoms with Gasteiger partial charge < -0.3 is 15.1 Å². The first-order chi connectivity index (χ1) is 13.3. The van der Waals surface area contributed by atoms with Gasteiger partial charge in [0, 0.05) is 50.2 Å². The number of rotatable bonds is 5. The van der Waals surface area contributed by atoms with Crippen LogP contribution in [0.4, 0.5) is 17.5 Å². The Bertz CT molecular complexity index is 858. The zero-order chi connectivity index (χ0) is 18.5. The van der Waals surface area contributed by atoms with E-state index in [0.29, 0.717) is 0 Å². The highest BCUT2D eigenvalue weighted by Crippen LogP contribution is 2.20. The van der Waals surface area contributed by atoms with Crippen molar-refractivity contribution >= 4 is 17.5 Å². The lowest BCUT2D eigenvalue weighted by Crippen LogP contribution is -2.47. The quantitative estimate of drug-likeness (QED) is 0.752. The zero-order valence-corrected chi connectivity index (χ0v) is 15.7. The van der Waals surface area contributed by atoms with E-state index in [-0.39, 0.29) is 0 Å². The van der Waals surface area contributed by atoms with Crippen LogP contribution in [-0.4, -0.2) is 36.1 Å². The van der Waals surface area contributed by atoms with Crippen LogP contribution in [0.5, 0.6) is 0 Å². The molecule has 1 saturated heterocycles. The number of benzene rings is 2. The lowest BCUT2D eigenvalue weighted by molar-refractivity contribution is 0.639. The van der Waals surface area contributed by atoms with Gasteiger partial charge in [-0.15, -0.1) is 0 Å². The van der Waals surface area contributed by atoms with Crippen molar-refractivity contribution in [2.75, 3.05) is 41.3 Å². The minimum atomic E-state index is 0.762. The molecular formula is C22H25N5. The van der Waals surface area contributed by atoms with Gasteiger partial charge in [-0.25, -0.2) is 4.98 Å². The minimum absolute atomic E-state index is 0.762. The van der Waals surface area contributed by atoms with Crippen molar-refractivity contribution in [3.05, 3.63) is 78.0 Å². The Morgan fingerprint density at radius 3 is 2.15 bits per heavy atom. The second-order valence-corrected chi connectivity index (χ2v) is 6.84. The summed E-state index contributed by atoms with van der Waals surface area (Å²) in [6, 6.07) is 23.0. The molecule has 4 rings (SSSR count). The molecule has 1 N–H and O–H groups in total. The molecule has 5 heteroatoms. The molecule has 5 nitrogen and oxygen atoms in total. The first-order valence-corrected chi connectivity index (χ1v) is 9.46. The maximum absolute atomic E-state index is 4.76. The molecular weight excluding hydrogens is 334 g/mol. The van der Waals surface area contributed by atoms with Crippen molar-refractivity contribution < 1.29 is 0 Å². The highest BCUT2D eigenvalue weighted by atomic mass is 15.3. The van der Waals surface area contributed by atoms with Crippen molar-refractivity contribution in [1.82, 2.24) is 9.97 Å². The van der Waals surface area contributed by atoms with E-state index in [1.165, 1.54) is 11.3 Å². The van der Waals surface area contributed by atoms with Gasteiger partial charge >= 0.3 is 0 Å². The molecule has 27 heavy (non-hydrogen) atoms. The number of hydrogen-bond donors (Lipinski definition) is 1. The van der Waals surface area contributed by atoms with E-state index in [9.17, 15) is 0 Å². The third kappa shape index (κ3) is 4.37. The van der Waals surface area contributed by atoms with E-state index in [2.05, 4.69) is 74.7 Å². The summed E-state index contributed by atoms with van der Waals surface area (Å²) in [5.74, 6) is 1.70. The molecule has 2 heterocycles. The van der Waals surface area contributed by atoms with Gasteiger partial charge in [-0.1, -0.05) is 48.5 Å². The fourth-order valence-corrected chi connectivity index (χ4v) is 3.38. The molecule has 0 aliphatic carbocycles. The van der Waals surface area contributed by atoms with Crippen LogP contribution in [-0.2, 0) is 6.54 Å². The topological polar surface area (TPSA) is 44.3 Å². The van der Waals surface area contributed by atoms with Gasteiger partial charge in [-0.3, -0.25) is 0 Å². The largest absolute Gasteiger partial charge is 0.368 e. The highest BCUT2D eigenvalue weighted by Gasteiger charge is 2.19. The standard InChI is InChI=1S/C22H25N5/c1-18-16-21(23-17-19-8-4-2-5-9-19)25-22(24-18)27-14-12-26(13-15-27)20-10-6-3-7-11-20/h2-11,16H,12-15,17H2,1H3,(H,23,24,25). The Morgan fingerprint density at radius 1 is 0.815 bits per heavy atom. The Labute approximate surface area is 160 Å². The van der Waals surface area contributed by atoms with E-state index in [4.69, 9.17) is 4.98 Å². The molecule has 0 unspecified atom stereocenters. The van der Waals surface area contributed by atoms with Gasteiger partial charge in [-0.05, 0) is 24.6 Å². The highest BCUT2D eigenvalue weighted by molar-refractivity contribution is 5.49. The third-order valence-electron chi connectivity index (χ3n) is 4.84. The van der Waals surface area contributed by atoms with Crippen LogP contribution < -0.4 is 15.1 Å². The van der Waals surface area contributed by atoms with Crippen LogP contribution in [0, 0.1) is 6.92 Å². The van der Waals surface area contributed by atoms with Crippen LogP contribution in [0.25, 0.3) is 0 Å². The van der Waals surface area contributed by atoms with Gasteiger partial charge in [-0.2, -0.15) is 4.98 Å². The van der Waals surface area contributed by atoms with E-state index in [1.807, 2.05) is 19.1 Å². The molecule has 2 aromatic carbocycles. The number of piperazine rings is 1. The molecule has 0 spiro atoms.